The molecular weight excluding hydrogens is 560 g/mol. The lowest BCUT2D eigenvalue weighted by Crippen LogP contribution is -2.20. The normalized spacial score (nSPS) is 12.5. The third-order valence-corrected chi connectivity index (χ3v) is 9.07. The lowest BCUT2D eigenvalue weighted by Gasteiger charge is -2.34. The van der Waals surface area contributed by atoms with Crippen molar-refractivity contribution in [3.05, 3.63) is 125 Å². The molecule has 46 heavy (non-hydrogen) atoms. The molecule has 0 fully saturated rings. The van der Waals surface area contributed by atoms with Gasteiger partial charge in [-0.15, -0.1) is 0 Å². The van der Waals surface area contributed by atoms with Crippen molar-refractivity contribution in [2.75, 3.05) is 9.80 Å². The van der Waals surface area contributed by atoms with E-state index in [0.717, 1.165) is 40.9 Å². The van der Waals surface area contributed by atoms with Crippen LogP contribution < -0.4 is 9.80 Å². The Kier molecular flexibility index (Phi) is 9.27. The molecule has 3 nitrogen and oxygen atoms in total. The predicted molar refractivity (Wildman–Crippen MR) is 200 cm³/mol. The average Bonchev–Trinajstić information content (AvgIpc) is 3.33. The van der Waals surface area contributed by atoms with Crippen molar-refractivity contribution in [2.24, 2.45) is 0 Å². The summed E-state index contributed by atoms with van der Waals surface area (Å²) in [4.78, 5) is 4.89. The molecule has 5 rings (SSSR count). The summed E-state index contributed by atoms with van der Waals surface area (Å²) in [7, 11) is 0. The smallest absolute Gasteiger partial charge is 0.136 e. The maximum absolute atomic E-state index is 6.33. The second-order valence-electron chi connectivity index (χ2n) is 14.6. The van der Waals surface area contributed by atoms with E-state index in [1.807, 2.05) is 6.07 Å². The molecule has 0 aliphatic carbocycles. The molecule has 0 spiro atoms. The van der Waals surface area contributed by atoms with E-state index in [4.69, 9.17) is 4.42 Å². The number of allylic oxidation sites excluding steroid dienone is 2. The Hall–Kier alpha value is -4.24. The van der Waals surface area contributed by atoms with Gasteiger partial charge in [-0.2, -0.15) is 0 Å². The Bertz CT molecular complexity index is 1860. The number of benzene rings is 4. The summed E-state index contributed by atoms with van der Waals surface area (Å²) >= 11 is 0. The lowest BCUT2D eigenvalue weighted by atomic mass is 9.85. The van der Waals surface area contributed by atoms with Crippen LogP contribution in [0.25, 0.3) is 11.0 Å². The molecule has 0 unspecified atom stereocenters. The van der Waals surface area contributed by atoms with Gasteiger partial charge in [-0.05, 0) is 109 Å². The standard InChI is InChI=1S/C43H52N2O/c1-12-17-30(4)44(41-31(5)46-40-21-15-14-18-36(40)41)38-19-16-20-39(35(38)13-2)45(34-25-22-32(23-26-34)42(6,7)8)37-27-24-33(28-29(37)3)43(9,10)11/h14-28H,12-13H2,1-11H3/b30-17+. The number of nitrogens with zero attached hydrogens (tertiary/aromatic N) is 2. The zero-order valence-electron chi connectivity index (χ0n) is 29.9. The highest BCUT2D eigenvalue weighted by molar-refractivity contribution is 5.97. The van der Waals surface area contributed by atoms with E-state index in [1.165, 1.54) is 45.0 Å². The molecule has 0 N–H and O–H groups in total. The molecule has 0 aliphatic rings. The fourth-order valence-electron chi connectivity index (χ4n) is 6.54. The summed E-state index contributed by atoms with van der Waals surface area (Å²) in [5, 5.41) is 1.12. The summed E-state index contributed by atoms with van der Waals surface area (Å²) in [6, 6.07) is 31.3. The van der Waals surface area contributed by atoms with Crippen LogP contribution in [0, 0.1) is 13.8 Å². The van der Waals surface area contributed by atoms with E-state index < -0.39 is 0 Å². The fraction of sp³-hybridized carbons (Fsp3) is 0.349. The summed E-state index contributed by atoms with van der Waals surface area (Å²) in [6.07, 6.45) is 4.13. The van der Waals surface area contributed by atoms with Crippen LogP contribution in [0.2, 0.25) is 0 Å². The van der Waals surface area contributed by atoms with E-state index in [9.17, 15) is 0 Å². The zero-order chi connectivity index (χ0) is 33.4. The monoisotopic (exact) mass is 612 g/mol. The van der Waals surface area contributed by atoms with Crippen molar-refractivity contribution in [3.8, 4) is 0 Å². The van der Waals surface area contributed by atoms with Crippen molar-refractivity contribution in [1.82, 2.24) is 0 Å². The van der Waals surface area contributed by atoms with Crippen LogP contribution in [-0.4, -0.2) is 0 Å². The van der Waals surface area contributed by atoms with Crippen LogP contribution in [0.3, 0.4) is 0 Å². The Balaban J connectivity index is 1.79. The first kappa shape index (κ1) is 33.1. The molecule has 4 aromatic carbocycles. The Labute approximate surface area is 277 Å². The molecule has 0 bridgehead atoms. The number of fused-ring (bicyclic) bond motifs is 1. The van der Waals surface area contributed by atoms with Gasteiger partial charge in [0.2, 0.25) is 0 Å². The second-order valence-corrected chi connectivity index (χ2v) is 14.6. The minimum atomic E-state index is 0.0752. The van der Waals surface area contributed by atoms with Gasteiger partial charge in [-0.3, -0.25) is 0 Å². The van der Waals surface area contributed by atoms with E-state index >= 15 is 0 Å². The van der Waals surface area contributed by atoms with Gasteiger partial charge >= 0.3 is 0 Å². The number of rotatable bonds is 8. The molecule has 1 aromatic heterocycles. The van der Waals surface area contributed by atoms with Gasteiger partial charge in [0.25, 0.3) is 0 Å². The molecule has 0 aliphatic heterocycles. The zero-order valence-corrected chi connectivity index (χ0v) is 29.9. The molecule has 0 amide bonds. The van der Waals surface area contributed by atoms with Crippen molar-refractivity contribution < 1.29 is 4.42 Å². The third-order valence-electron chi connectivity index (χ3n) is 9.07. The topological polar surface area (TPSA) is 19.6 Å². The van der Waals surface area contributed by atoms with E-state index in [0.29, 0.717) is 0 Å². The van der Waals surface area contributed by atoms with Crippen LogP contribution in [0.4, 0.5) is 28.4 Å². The molecule has 1 heterocycles. The summed E-state index contributed by atoms with van der Waals surface area (Å²) in [5.41, 5.74) is 13.3. The summed E-state index contributed by atoms with van der Waals surface area (Å²) < 4.78 is 6.33. The number of aryl methyl sites for hydroxylation is 2. The molecule has 0 atom stereocenters. The lowest BCUT2D eigenvalue weighted by molar-refractivity contribution is 0.578. The number of hydrogen-bond donors (Lipinski definition) is 0. The van der Waals surface area contributed by atoms with E-state index in [-0.39, 0.29) is 10.8 Å². The van der Waals surface area contributed by atoms with Crippen LogP contribution >= 0.6 is 0 Å². The van der Waals surface area contributed by atoms with Gasteiger partial charge in [0.15, 0.2) is 0 Å². The SMILES string of the molecule is CC/C=C(\C)N(c1cccc(N(c2ccc(C(C)(C)C)cc2)c2ccc(C(C)(C)C)cc2C)c1CC)c1c(C)oc2ccccc12. The summed E-state index contributed by atoms with van der Waals surface area (Å²) in [6.45, 7) is 24.7. The number of hydrogen-bond acceptors (Lipinski definition) is 3. The van der Waals surface area contributed by atoms with Crippen LogP contribution in [0.15, 0.2) is 101 Å². The highest BCUT2D eigenvalue weighted by atomic mass is 16.3. The molecule has 0 saturated carbocycles. The quantitative estimate of drug-likeness (QED) is 0.174. The van der Waals surface area contributed by atoms with Gasteiger partial charge in [-0.25, -0.2) is 0 Å². The molecule has 0 saturated heterocycles. The van der Waals surface area contributed by atoms with E-state index in [1.54, 1.807) is 0 Å². The van der Waals surface area contributed by atoms with Crippen molar-refractivity contribution in [1.29, 1.82) is 0 Å². The van der Waals surface area contributed by atoms with Crippen LogP contribution in [0.5, 0.6) is 0 Å². The highest BCUT2D eigenvalue weighted by Crippen LogP contribution is 2.47. The molecule has 3 heteroatoms. The molecule has 0 radical (unpaired) electrons. The molecule has 5 aromatic rings. The van der Waals surface area contributed by atoms with Crippen LogP contribution in [0.1, 0.15) is 96.7 Å². The Morgan fingerprint density at radius 2 is 1.35 bits per heavy atom. The number of anilines is 5. The van der Waals surface area contributed by atoms with Crippen molar-refractivity contribution in [3.63, 3.8) is 0 Å². The van der Waals surface area contributed by atoms with Crippen molar-refractivity contribution >= 4 is 39.4 Å². The Morgan fingerprint density at radius 3 is 1.96 bits per heavy atom. The largest absolute Gasteiger partial charge is 0.459 e. The maximum Gasteiger partial charge on any atom is 0.136 e. The van der Waals surface area contributed by atoms with Gasteiger partial charge < -0.3 is 14.2 Å². The van der Waals surface area contributed by atoms with Crippen molar-refractivity contribution in [2.45, 2.75) is 99.8 Å². The summed E-state index contributed by atoms with van der Waals surface area (Å²) in [5.74, 6) is 0.917. The van der Waals surface area contributed by atoms with Gasteiger partial charge in [0, 0.05) is 22.5 Å². The minimum Gasteiger partial charge on any atom is -0.459 e. The van der Waals surface area contributed by atoms with E-state index in [2.05, 4.69) is 171 Å². The maximum atomic E-state index is 6.33. The molecule has 240 valence electrons. The minimum absolute atomic E-state index is 0.0752. The number of para-hydroxylation sites is 1. The van der Waals surface area contributed by atoms with Gasteiger partial charge in [0.05, 0.1) is 17.1 Å². The molecular formula is C43H52N2O. The van der Waals surface area contributed by atoms with Crippen LogP contribution in [-0.2, 0) is 17.3 Å². The second kappa shape index (κ2) is 12.9. The first-order valence-electron chi connectivity index (χ1n) is 16.8. The van der Waals surface area contributed by atoms with Gasteiger partial charge in [0.1, 0.15) is 11.3 Å². The first-order valence-corrected chi connectivity index (χ1v) is 16.8. The Morgan fingerprint density at radius 1 is 0.717 bits per heavy atom. The third kappa shape index (κ3) is 6.38. The first-order chi connectivity index (χ1) is 21.8. The van der Waals surface area contributed by atoms with Gasteiger partial charge in [-0.1, -0.05) is 104 Å². The fourth-order valence-corrected chi connectivity index (χ4v) is 6.54. The predicted octanol–water partition coefficient (Wildman–Crippen LogP) is 13.1. The number of furan rings is 1. The average molecular weight is 613 g/mol. The highest BCUT2D eigenvalue weighted by Gasteiger charge is 2.27.